The van der Waals surface area contributed by atoms with Gasteiger partial charge in [0.15, 0.2) is 5.65 Å². The van der Waals surface area contributed by atoms with Crippen LogP contribution in [-0.2, 0) is 11.3 Å². The van der Waals surface area contributed by atoms with Crippen LogP contribution in [0.5, 0.6) is 0 Å². The minimum Gasteiger partial charge on any atom is -0.374 e. The van der Waals surface area contributed by atoms with Crippen LogP contribution in [0.4, 0.5) is 5.82 Å². The fraction of sp³-hybridized carbons (Fsp3) is 0.500. The normalized spacial score (nSPS) is 18.7. The van der Waals surface area contributed by atoms with E-state index in [1.807, 2.05) is 35.3 Å². The van der Waals surface area contributed by atoms with Crippen LogP contribution in [0.2, 0.25) is 0 Å². The Labute approximate surface area is 147 Å². The van der Waals surface area contributed by atoms with Gasteiger partial charge in [0.05, 0.1) is 18.3 Å². The van der Waals surface area contributed by atoms with E-state index in [4.69, 9.17) is 9.84 Å². The molecule has 3 aromatic rings. The van der Waals surface area contributed by atoms with E-state index in [1.165, 1.54) is 0 Å². The van der Waals surface area contributed by atoms with Gasteiger partial charge in [-0.15, -0.1) is 0 Å². The van der Waals surface area contributed by atoms with Gasteiger partial charge in [0.25, 0.3) is 0 Å². The standard InChI is InChI=1S/C18H24N6O/c1-13-10-17(24-18(20-13)14(2)15(3)21-24)22-7-5-9-25-16(11-22)12-23-8-4-6-19-23/h4,6,8,10,16H,5,7,9,11-12H2,1-3H3/t16-/m0/s1. The Morgan fingerprint density at radius 2 is 2.16 bits per heavy atom. The Hall–Kier alpha value is -2.41. The van der Waals surface area contributed by atoms with Gasteiger partial charge in [-0.3, -0.25) is 4.68 Å². The summed E-state index contributed by atoms with van der Waals surface area (Å²) < 4.78 is 9.97. The van der Waals surface area contributed by atoms with Crippen LogP contribution in [0.3, 0.4) is 0 Å². The second kappa shape index (κ2) is 6.48. The van der Waals surface area contributed by atoms with Crippen LogP contribution < -0.4 is 4.90 Å². The molecular formula is C18H24N6O. The summed E-state index contributed by atoms with van der Waals surface area (Å²) in [5.74, 6) is 1.09. The molecule has 1 aliphatic heterocycles. The highest BCUT2D eigenvalue weighted by Gasteiger charge is 2.23. The van der Waals surface area contributed by atoms with Crippen LogP contribution >= 0.6 is 0 Å². The Morgan fingerprint density at radius 3 is 2.96 bits per heavy atom. The summed E-state index contributed by atoms with van der Waals surface area (Å²) in [6.07, 6.45) is 4.88. The lowest BCUT2D eigenvalue weighted by Crippen LogP contribution is -2.35. The van der Waals surface area contributed by atoms with E-state index in [1.54, 1.807) is 6.20 Å². The lowest BCUT2D eigenvalue weighted by Gasteiger charge is -2.26. The number of aromatic nitrogens is 5. The monoisotopic (exact) mass is 340 g/mol. The number of hydrogen-bond donors (Lipinski definition) is 0. The lowest BCUT2D eigenvalue weighted by atomic mass is 10.2. The van der Waals surface area contributed by atoms with E-state index in [9.17, 15) is 0 Å². The molecule has 1 saturated heterocycles. The van der Waals surface area contributed by atoms with Crippen LogP contribution in [-0.4, -0.2) is 50.2 Å². The molecule has 1 fully saturated rings. The first-order valence-corrected chi connectivity index (χ1v) is 8.79. The average molecular weight is 340 g/mol. The molecule has 0 amide bonds. The Balaban J connectivity index is 1.67. The maximum absolute atomic E-state index is 6.05. The summed E-state index contributed by atoms with van der Waals surface area (Å²) in [5.41, 5.74) is 4.13. The second-order valence-electron chi connectivity index (χ2n) is 6.72. The van der Waals surface area contributed by atoms with Gasteiger partial charge >= 0.3 is 0 Å². The van der Waals surface area contributed by atoms with Crippen LogP contribution in [0.1, 0.15) is 23.4 Å². The molecule has 0 spiro atoms. The zero-order chi connectivity index (χ0) is 17.4. The Bertz CT molecular complexity index is 869. The van der Waals surface area contributed by atoms with Crippen LogP contribution in [0, 0.1) is 20.8 Å². The van der Waals surface area contributed by atoms with Crippen molar-refractivity contribution >= 4 is 11.5 Å². The highest BCUT2D eigenvalue weighted by Crippen LogP contribution is 2.23. The summed E-state index contributed by atoms with van der Waals surface area (Å²) in [7, 11) is 0. The minimum absolute atomic E-state index is 0.101. The molecule has 0 aliphatic carbocycles. The summed E-state index contributed by atoms with van der Waals surface area (Å²) in [4.78, 5) is 7.05. The number of anilines is 1. The third-order valence-corrected chi connectivity index (χ3v) is 4.79. The van der Waals surface area contributed by atoms with Crippen molar-refractivity contribution in [3.8, 4) is 0 Å². The number of rotatable bonds is 3. The zero-order valence-corrected chi connectivity index (χ0v) is 15.0. The molecule has 25 heavy (non-hydrogen) atoms. The van der Waals surface area contributed by atoms with Gasteiger partial charge < -0.3 is 9.64 Å². The van der Waals surface area contributed by atoms with Gasteiger partial charge in [-0.2, -0.15) is 14.7 Å². The first-order valence-electron chi connectivity index (χ1n) is 8.79. The van der Waals surface area contributed by atoms with Crippen molar-refractivity contribution in [1.29, 1.82) is 0 Å². The summed E-state index contributed by atoms with van der Waals surface area (Å²) >= 11 is 0. The van der Waals surface area contributed by atoms with Crippen molar-refractivity contribution in [3.05, 3.63) is 41.5 Å². The van der Waals surface area contributed by atoms with E-state index >= 15 is 0 Å². The van der Waals surface area contributed by atoms with Crippen molar-refractivity contribution in [2.45, 2.75) is 39.8 Å². The largest absolute Gasteiger partial charge is 0.374 e. The molecule has 1 atom stereocenters. The molecule has 0 unspecified atom stereocenters. The van der Waals surface area contributed by atoms with Crippen LogP contribution in [0.25, 0.3) is 5.65 Å². The van der Waals surface area contributed by atoms with E-state index in [2.05, 4.69) is 28.0 Å². The minimum atomic E-state index is 0.101. The van der Waals surface area contributed by atoms with Gasteiger partial charge in [-0.25, -0.2) is 4.98 Å². The molecule has 132 valence electrons. The van der Waals surface area contributed by atoms with Gasteiger partial charge in [0.1, 0.15) is 5.82 Å². The number of aryl methyl sites for hydroxylation is 3. The molecule has 0 saturated carbocycles. The molecule has 7 heteroatoms. The molecule has 0 radical (unpaired) electrons. The van der Waals surface area contributed by atoms with Gasteiger partial charge in [0.2, 0.25) is 0 Å². The zero-order valence-electron chi connectivity index (χ0n) is 15.0. The van der Waals surface area contributed by atoms with E-state index in [0.717, 1.165) is 61.1 Å². The van der Waals surface area contributed by atoms with E-state index in [0.29, 0.717) is 0 Å². The van der Waals surface area contributed by atoms with Crippen molar-refractivity contribution < 1.29 is 4.74 Å². The van der Waals surface area contributed by atoms with Crippen molar-refractivity contribution in [2.24, 2.45) is 0 Å². The lowest BCUT2D eigenvalue weighted by molar-refractivity contribution is 0.0543. The third kappa shape index (κ3) is 3.11. The van der Waals surface area contributed by atoms with Crippen molar-refractivity contribution in [2.75, 3.05) is 24.6 Å². The predicted octanol–water partition coefficient (Wildman–Crippen LogP) is 2.15. The SMILES string of the molecule is Cc1cc(N2CCCO[C@H](Cn3cccn3)C2)n2nc(C)c(C)c2n1. The smallest absolute Gasteiger partial charge is 0.160 e. The topological polar surface area (TPSA) is 60.5 Å². The fourth-order valence-corrected chi connectivity index (χ4v) is 3.39. The van der Waals surface area contributed by atoms with E-state index in [-0.39, 0.29) is 6.10 Å². The molecule has 4 heterocycles. The van der Waals surface area contributed by atoms with Gasteiger partial charge in [0, 0.05) is 49.4 Å². The highest BCUT2D eigenvalue weighted by molar-refractivity contribution is 5.57. The number of nitrogens with zero attached hydrogens (tertiary/aromatic N) is 6. The summed E-state index contributed by atoms with van der Waals surface area (Å²) in [5, 5.41) is 9.02. The van der Waals surface area contributed by atoms with E-state index < -0.39 is 0 Å². The quantitative estimate of drug-likeness (QED) is 0.731. The fourth-order valence-electron chi connectivity index (χ4n) is 3.39. The Kier molecular flexibility index (Phi) is 4.17. The molecule has 1 aliphatic rings. The molecule has 4 rings (SSSR count). The highest BCUT2D eigenvalue weighted by atomic mass is 16.5. The van der Waals surface area contributed by atoms with Crippen molar-refractivity contribution in [1.82, 2.24) is 24.4 Å². The van der Waals surface area contributed by atoms with Crippen molar-refractivity contribution in [3.63, 3.8) is 0 Å². The first-order chi connectivity index (χ1) is 12.1. The first kappa shape index (κ1) is 16.1. The number of hydrogen-bond acceptors (Lipinski definition) is 5. The second-order valence-corrected chi connectivity index (χ2v) is 6.72. The predicted molar refractivity (Wildman–Crippen MR) is 96.0 cm³/mol. The molecule has 3 aromatic heterocycles. The van der Waals surface area contributed by atoms with Crippen LogP contribution in [0.15, 0.2) is 24.5 Å². The van der Waals surface area contributed by atoms with Gasteiger partial charge in [-0.1, -0.05) is 0 Å². The number of fused-ring (bicyclic) bond motifs is 1. The van der Waals surface area contributed by atoms with Gasteiger partial charge in [-0.05, 0) is 33.3 Å². The molecular weight excluding hydrogens is 316 g/mol. The molecule has 0 N–H and O–H groups in total. The maximum atomic E-state index is 6.05. The maximum Gasteiger partial charge on any atom is 0.160 e. The molecule has 7 nitrogen and oxygen atoms in total. The summed E-state index contributed by atoms with van der Waals surface area (Å²) in [6, 6.07) is 4.06. The molecule has 0 bridgehead atoms. The summed E-state index contributed by atoms with van der Waals surface area (Å²) in [6.45, 7) is 9.46. The average Bonchev–Trinajstić information content (AvgIpc) is 3.11. The third-order valence-electron chi connectivity index (χ3n) is 4.79. The number of ether oxygens (including phenoxy) is 1. The Morgan fingerprint density at radius 1 is 1.28 bits per heavy atom. The molecule has 0 aromatic carbocycles.